The minimum atomic E-state index is -0.857. The molecule has 1 saturated carbocycles. The fraction of sp³-hybridized carbons (Fsp3) is 0.700. The summed E-state index contributed by atoms with van der Waals surface area (Å²) in [7, 11) is 0. The van der Waals surface area contributed by atoms with Crippen LogP contribution in [0.5, 0.6) is 0 Å². The second-order valence-electron chi connectivity index (χ2n) is 4.60. The van der Waals surface area contributed by atoms with Crippen LogP contribution < -0.4 is 0 Å². The third-order valence-corrected chi connectivity index (χ3v) is 2.45. The first-order valence-electron chi connectivity index (χ1n) is 4.50. The first-order valence-corrected chi connectivity index (χ1v) is 4.50. The van der Waals surface area contributed by atoms with Crippen LogP contribution in [0.25, 0.3) is 0 Å². The quantitative estimate of drug-likeness (QED) is 0.668. The van der Waals surface area contributed by atoms with Gasteiger partial charge in [-0.25, -0.2) is 4.79 Å². The van der Waals surface area contributed by atoms with Gasteiger partial charge in [-0.2, -0.15) is 0 Å². The van der Waals surface area contributed by atoms with Gasteiger partial charge in [-0.05, 0) is 33.6 Å². The van der Waals surface area contributed by atoms with Crippen molar-refractivity contribution < 1.29 is 9.90 Å². The average molecular weight is 183 g/mol. The second kappa shape index (κ2) is 2.76. The van der Waals surface area contributed by atoms with Crippen molar-refractivity contribution in [2.45, 2.75) is 44.7 Å². The SMILES string of the molecule is C=CC1(N(C(=O)O)C(C)(C)C)CC1. The molecule has 0 aliphatic heterocycles. The minimum Gasteiger partial charge on any atom is -0.465 e. The van der Waals surface area contributed by atoms with Gasteiger partial charge in [0.05, 0.1) is 5.54 Å². The van der Waals surface area contributed by atoms with Gasteiger partial charge >= 0.3 is 6.09 Å². The van der Waals surface area contributed by atoms with Crippen LogP contribution in [0.2, 0.25) is 0 Å². The molecule has 0 unspecified atom stereocenters. The largest absolute Gasteiger partial charge is 0.465 e. The van der Waals surface area contributed by atoms with E-state index >= 15 is 0 Å². The number of hydrogen-bond donors (Lipinski definition) is 1. The van der Waals surface area contributed by atoms with E-state index in [0.29, 0.717) is 0 Å². The van der Waals surface area contributed by atoms with E-state index in [1.807, 2.05) is 20.8 Å². The monoisotopic (exact) mass is 183 g/mol. The Morgan fingerprint density at radius 1 is 1.54 bits per heavy atom. The fourth-order valence-electron chi connectivity index (χ4n) is 1.79. The molecule has 0 heterocycles. The van der Waals surface area contributed by atoms with Gasteiger partial charge in [-0.15, -0.1) is 6.58 Å². The molecule has 1 amide bonds. The van der Waals surface area contributed by atoms with E-state index in [0.717, 1.165) is 12.8 Å². The molecule has 0 atom stereocenters. The number of carbonyl (C=O) groups is 1. The molecule has 0 spiro atoms. The zero-order valence-electron chi connectivity index (χ0n) is 8.50. The highest BCUT2D eigenvalue weighted by Gasteiger charge is 2.51. The van der Waals surface area contributed by atoms with E-state index in [2.05, 4.69) is 6.58 Å². The molecule has 3 heteroatoms. The van der Waals surface area contributed by atoms with Gasteiger partial charge in [0.2, 0.25) is 0 Å². The van der Waals surface area contributed by atoms with Crippen molar-refractivity contribution in [3.63, 3.8) is 0 Å². The Balaban J connectivity index is 2.93. The summed E-state index contributed by atoms with van der Waals surface area (Å²) in [6, 6.07) is 0. The van der Waals surface area contributed by atoms with E-state index < -0.39 is 6.09 Å². The highest BCUT2D eigenvalue weighted by atomic mass is 16.4. The van der Waals surface area contributed by atoms with Crippen molar-refractivity contribution in [2.75, 3.05) is 0 Å². The van der Waals surface area contributed by atoms with Gasteiger partial charge in [-0.1, -0.05) is 6.08 Å². The topological polar surface area (TPSA) is 40.5 Å². The third-order valence-electron chi connectivity index (χ3n) is 2.45. The molecule has 1 rings (SSSR count). The lowest BCUT2D eigenvalue weighted by Gasteiger charge is -2.38. The van der Waals surface area contributed by atoms with Crippen molar-refractivity contribution in [1.29, 1.82) is 0 Å². The van der Waals surface area contributed by atoms with Gasteiger partial charge in [0.15, 0.2) is 0 Å². The molecule has 13 heavy (non-hydrogen) atoms. The van der Waals surface area contributed by atoms with Crippen LogP contribution in [0, 0.1) is 0 Å². The average Bonchev–Trinajstić information content (AvgIpc) is 2.65. The fourth-order valence-corrected chi connectivity index (χ4v) is 1.79. The third kappa shape index (κ3) is 1.69. The van der Waals surface area contributed by atoms with Gasteiger partial charge < -0.3 is 5.11 Å². The van der Waals surface area contributed by atoms with E-state index in [-0.39, 0.29) is 11.1 Å². The molecule has 1 fully saturated rings. The summed E-state index contributed by atoms with van der Waals surface area (Å²) < 4.78 is 0. The van der Waals surface area contributed by atoms with Crippen molar-refractivity contribution in [2.24, 2.45) is 0 Å². The summed E-state index contributed by atoms with van der Waals surface area (Å²) in [5.74, 6) is 0. The second-order valence-corrected chi connectivity index (χ2v) is 4.60. The van der Waals surface area contributed by atoms with Crippen LogP contribution in [0.15, 0.2) is 12.7 Å². The lowest BCUT2D eigenvalue weighted by Crippen LogP contribution is -2.51. The van der Waals surface area contributed by atoms with Gasteiger partial charge in [0, 0.05) is 5.54 Å². The highest BCUT2D eigenvalue weighted by Crippen LogP contribution is 2.46. The summed E-state index contributed by atoms with van der Waals surface area (Å²) in [6.45, 7) is 9.43. The minimum absolute atomic E-state index is 0.288. The zero-order valence-corrected chi connectivity index (χ0v) is 8.50. The van der Waals surface area contributed by atoms with Crippen LogP contribution in [-0.2, 0) is 0 Å². The van der Waals surface area contributed by atoms with Crippen molar-refractivity contribution in [3.05, 3.63) is 12.7 Å². The molecule has 0 aromatic rings. The van der Waals surface area contributed by atoms with E-state index in [9.17, 15) is 4.79 Å². The number of carboxylic acid groups (broad SMARTS) is 1. The Bertz CT molecular complexity index is 236. The Labute approximate surface area is 79.0 Å². The molecular weight excluding hydrogens is 166 g/mol. The molecule has 1 N–H and O–H groups in total. The Morgan fingerprint density at radius 2 is 2.00 bits per heavy atom. The first-order chi connectivity index (χ1) is 5.83. The van der Waals surface area contributed by atoms with Crippen LogP contribution in [-0.4, -0.2) is 27.2 Å². The lowest BCUT2D eigenvalue weighted by molar-refractivity contribution is 0.0760. The molecule has 1 aliphatic rings. The van der Waals surface area contributed by atoms with Crippen LogP contribution in [0.3, 0.4) is 0 Å². The van der Waals surface area contributed by atoms with Crippen LogP contribution in [0.4, 0.5) is 4.79 Å². The summed E-state index contributed by atoms with van der Waals surface area (Å²) in [5.41, 5.74) is -0.638. The van der Waals surface area contributed by atoms with Crippen molar-refractivity contribution in [3.8, 4) is 0 Å². The predicted octanol–water partition coefficient (Wildman–Crippen LogP) is 2.48. The molecule has 0 radical (unpaired) electrons. The van der Waals surface area contributed by atoms with Crippen LogP contribution >= 0.6 is 0 Å². The number of hydrogen-bond acceptors (Lipinski definition) is 1. The van der Waals surface area contributed by atoms with Gasteiger partial charge in [0.1, 0.15) is 0 Å². The maximum Gasteiger partial charge on any atom is 0.408 e. The molecule has 3 nitrogen and oxygen atoms in total. The lowest BCUT2D eigenvalue weighted by atomic mass is 10.0. The highest BCUT2D eigenvalue weighted by molar-refractivity contribution is 5.68. The number of rotatable bonds is 2. The van der Waals surface area contributed by atoms with Gasteiger partial charge in [-0.3, -0.25) is 4.90 Å². The molecule has 1 aliphatic carbocycles. The maximum atomic E-state index is 11.1. The Kier molecular flexibility index (Phi) is 2.14. The molecule has 0 bridgehead atoms. The summed E-state index contributed by atoms with van der Waals surface area (Å²) >= 11 is 0. The maximum absolute atomic E-state index is 11.1. The van der Waals surface area contributed by atoms with E-state index in [4.69, 9.17) is 5.11 Å². The standard InChI is InChI=1S/C10H17NO2/c1-5-10(6-7-10)11(8(12)13)9(2,3)4/h5H,1,6-7H2,2-4H3,(H,12,13). The molecule has 0 saturated heterocycles. The first kappa shape index (κ1) is 10.1. The summed E-state index contributed by atoms with van der Waals surface area (Å²) in [5, 5.41) is 9.09. The molecular formula is C10H17NO2. The van der Waals surface area contributed by atoms with Crippen molar-refractivity contribution >= 4 is 6.09 Å². The van der Waals surface area contributed by atoms with Crippen LogP contribution in [0.1, 0.15) is 33.6 Å². The van der Waals surface area contributed by atoms with Gasteiger partial charge in [0.25, 0.3) is 0 Å². The summed E-state index contributed by atoms with van der Waals surface area (Å²) in [4.78, 5) is 12.6. The van der Waals surface area contributed by atoms with E-state index in [1.54, 1.807) is 6.08 Å². The number of nitrogens with zero attached hydrogens (tertiary/aromatic N) is 1. The molecule has 74 valence electrons. The Hall–Kier alpha value is -0.990. The Morgan fingerprint density at radius 3 is 2.08 bits per heavy atom. The van der Waals surface area contributed by atoms with E-state index in [1.165, 1.54) is 4.90 Å². The van der Waals surface area contributed by atoms with Crippen molar-refractivity contribution in [1.82, 2.24) is 4.90 Å². The molecule has 0 aromatic heterocycles. The normalized spacial score (nSPS) is 19.3. The molecule has 0 aromatic carbocycles. The zero-order chi connectivity index (χ0) is 10.3. The smallest absolute Gasteiger partial charge is 0.408 e. The number of amides is 1. The predicted molar refractivity (Wildman–Crippen MR) is 51.8 cm³/mol. The summed E-state index contributed by atoms with van der Waals surface area (Å²) in [6.07, 6.45) is 2.71.